The number of benzene rings is 2. The number of piperazine rings is 1. The minimum absolute atomic E-state index is 0. The molecule has 0 unspecified atom stereocenters. The van der Waals surface area contributed by atoms with Gasteiger partial charge in [0, 0.05) is 61.9 Å². The maximum atomic E-state index is 5.90. The Morgan fingerprint density at radius 1 is 0.844 bits per heavy atom. The van der Waals surface area contributed by atoms with Crippen molar-refractivity contribution in [2.24, 2.45) is 0 Å². The van der Waals surface area contributed by atoms with E-state index in [1.807, 2.05) is 12.1 Å². The molecule has 0 aromatic heterocycles. The second kappa shape index (κ2) is 12.0. The van der Waals surface area contributed by atoms with Crippen LogP contribution in [0.15, 0.2) is 36.4 Å². The summed E-state index contributed by atoms with van der Waals surface area (Å²) in [6.45, 7) is 13.4. The zero-order valence-corrected chi connectivity index (χ0v) is 20.6. The van der Waals surface area contributed by atoms with Crippen LogP contribution in [0.2, 0.25) is 0 Å². The molecule has 0 spiro atoms. The molecule has 6 heteroatoms. The first-order valence-corrected chi connectivity index (χ1v) is 11.6. The maximum Gasteiger partial charge on any atom is 0.0914 e. The highest BCUT2D eigenvalue weighted by Crippen LogP contribution is 2.18. The molecule has 178 valence electrons. The summed E-state index contributed by atoms with van der Waals surface area (Å²) < 4.78 is 1.18. The minimum Gasteiger partial charge on any atom is -0.399 e. The van der Waals surface area contributed by atoms with E-state index in [-0.39, 0.29) is 7.43 Å². The Balaban J connectivity index is 0.00000363. The van der Waals surface area contributed by atoms with Crippen molar-refractivity contribution in [2.75, 3.05) is 81.5 Å². The van der Waals surface area contributed by atoms with Crippen LogP contribution >= 0.6 is 0 Å². The number of anilines is 4. The first-order valence-electron chi connectivity index (χ1n) is 11.6. The highest BCUT2D eigenvalue weighted by Gasteiger charge is 2.27. The third-order valence-electron chi connectivity index (χ3n) is 6.64. The molecule has 0 amide bonds. The number of nitrogen functional groups attached to an aromatic ring is 2. The number of rotatable bonds is 10. The number of nitrogens with one attached hydrogen (secondary N) is 2. The van der Waals surface area contributed by atoms with E-state index in [1.54, 1.807) is 0 Å². The minimum atomic E-state index is 0. The molecule has 0 bridgehead atoms. The summed E-state index contributed by atoms with van der Waals surface area (Å²) in [5, 5.41) is 7.07. The van der Waals surface area contributed by atoms with E-state index in [0.717, 1.165) is 47.7 Å². The van der Waals surface area contributed by atoms with Crippen LogP contribution in [0.5, 0.6) is 0 Å². The lowest BCUT2D eigenvalue weighted by Gasteiger charge is -2.42. The lowest BCUT2D eigenvalue weighted by atomic mass is 10.2. The van der Waals surface area contributed by atoms with Crippen molar-refractivity contribution in [1.82, 2.24) is 4.90 Å². The molecule has 0 radical (unpaired) electrons. The van der Waals surface area contributed by atoms with Gasteiger partial charge in [-0.05, 0) is 67.8 Å². The summed E-state index contributed by atoms with van der Waals surface area (Å²) in [5.41, 5.74) is 18.1. The van der Waals surface area contributed by atoms with Gasteiger partial charge < -0.3 is 34.0 Å². The standard InChI is InChI=1S/C25H41N6.CH3/c1-20-18-22(6-8-24(20)26)28-10-4-12-30-13-16-31(3,17-14-30)15-5-11-29-23-7-9-25(27)21(2)19-23;/h6-9,18-19,28-29H,4-5,10-17,26-27H2,1-3H3;1H3/q+1;-1. The van der Waals surface area contributed by atoms with Crippen molar-refractivity contribution < 1.29 is 4.48 Å². The summed E-state index contributed by atoms with van der Waals surface area (Å²) in [4.78, 5) is 2.62. The van der Waals surface area contributed by atoms with Crippen LogP contribution in [0, 0.1) is 21.3 Å². The van der Waals surface area contributed by atoms with Gasteiger partial charge in [0.05, 0.1) is 26.7 Å². The molecule has 1 aliphatic heterocycles. The van der Waals surface area contributed by atoms with E-state index in [1.165, 1.54) is 55.9 Å². The van der Waals surface area contributed by atoms with E-state index in [2.05, 4.69) is 60.7 Å². The van der Waals surface area contributed by atoms with Gasteiger partial charge in [0.2, 0.25) is 0 Å². The molecule has 2 aromatic rings. The number of quaternary nitrogens is 1. The van der Waals surface area contributed by atoms with Gasteiger partial charge in [0.15, 0.2) is 0 Å². The number of hydrogen-bond donors (Lipinski definition) is 4. The Bertz CT molecular complexity index is 842. The molecule has 1 saturated heterocycles. The second-order valence-corrected chi connectivity index (χ2v) is 9.34. The van der Waals surface area contributed by atoms with Gasteiger partial charge in [-0.25, -0.2) is 0 Å². The fraction of sp³-hybridized carbons (Fsp3) is 0.500. The summed E-state index contributed by atoms with van der Waals surface area (Å²) in [6.07, 6.45) is 2.35. The van der Waals surface area contributed by atoms with Gasteiger partial charge in [-0.15, -0.1) is 0 Å². The van der Waals surface area contributed by atoms with Crippen molar-refractivity contribution >= 4 is 22.7 Å². The maximum absolute atomic E-state index is 5.90. The molecule has 0 saturated carbocycles. The van der Waals surface area contributed by atoms with Crippen LogP contribution in [-0.2, 0) is 0 Å². The molecule has 1 fully saturated rings. The van der Waals surface area contributed by atoms with Crippen molar-refractivity contribution in [3.63, 3.8) is 0 Å². The average molecular weight is 441 g/mol. The number of nitrogens with zero attached hydrogens (tertiary/aromatic N) is 2. The van der Waals surface area contributed by atoms with Crippen LogP contribution in [0.1, 0.15) is 24.0 Å². The van der Waals surface area contributed by atoms with Gasteiger partial charge in [0.25, 0.3) is 0 Å². The van der Waals surface area contributed by atoms with Crippen LogP contribution in [0.4, 0.5) is 22.7 Å². The lowest BCUT2D eigenvalue weighted by Crippen LogP contribution is -2.57. The highest BCUT2D eigenvalue weighted by molar-refractivity contribution is 5.57. The van der Waals surface area contributed by atoms with Gasteiger partial charge >= 0.3 is 0 Å². The molecule has 0 atom stereocenters. The fourth-order valence-corrected chi connectivity index (χ4v) is 4.24. The first kappa shape index (κ1) is 25.8. The Morgan fingerprint density at radius 2 is 1.34 bits per heavy atom. The lowest BCUT2D eigenvalue weighted by molar-refractivity contribution is -0.913. The topological polar surface area (TPSA) is 79.3 Å². The Morgan fingerprint density at radius 3 is 1.84 bits per heavy atom. The van der Waals surface area contributed by atoms with Gasteiger partial charge in [-0.1, -0.05) is 0 Å². The highest BCUT2D eigenvalue weighted by atomic mass is 15.4. The van der Waals surface area contributed by atoms with Crippen molar-refractivity contribution in [3.05, 3.63) is 55.0 Å². The van der Waals surface area contributed by atoms with Crippen LogP contribution in [-0.4, -0.2) is 68.8 Å². The van der Waals surface area contributed by atoms with Gasteiger partial charge in [-0.3, -0.25) is 4.90 Å². The van der Waals surface area contributed by atoms with E-state index in [9.17, 15) is 0 Å². The second-order valence-electron chi connectivity index (χ2n) is 9.34. The monoisotopic (exact) mass is 440 g/mol. The normalized spacial score (nSPS) is 15.7. The molecule has 6 N–H and O–H groups in total. The Hall–Kier alpha value is -2.44. The molecule has 32 heavy (non-hydrogen) atoms. The zero-order chi connectivity index (χ0) is 22.3. The third-order valence-corrected chi connectivity index (χ3v) is 6.64. The summed E-state index contributed by atoms with van der Waals surface area (Å²) in [7, 11) is 2.41. The van der Waals surface area contributed by atoms with Crippen molar-refractivity contribution in [2.45, 2.75) is 26.7 Å². The predicted octanol–water partition coefficient (Wildman–Crippen LogP) is 3.98. The van der Waals surface area contributed by atoms with Crippen molar-refractivity contribution in [3.8, 4) is 0 Å². The summed E-state index contributed by atoms with van der Waals surface area (Å²) >= 11 is 0. The molecular formula is C26H44N6. The summed E-state index contributed by atoms with van der Waals surface area (Å²) in [6, 6.07) is 12.4. The molecule has 2 aromatic carbocycles. The van der Waals surface area contributed by atoms with E-state index in [0.29, 0.717) is 0 Å². The van der Waals surface area contributed by atoms with Gasteiger partial charge in [-0.2, -0.15) is 0 Å². The Kier molecular flexibility index (Phi) is 9.66. The molecule has 0 aliphatic carbocycles. The van der Waals surface area contributed by atoms with Crippen LogP contribution < -0.4 is 22.1 Å². The molecule has 1 heterocycles. The third kappa shape index (κ3) is 7.61. The van der Waals surface area contributed by atoms with Crippen LogP contribution in [0.25, 0.3) is 0 Å². The van der Waals surface area contributed by atoms with Crippen molar-refractivity contribution in [1.29, 1.82) is 0 Å². The average Bonchev–Trinajstić information content (AvgIpc) is 2.75. The Labute approximate surface area is 195 Å². The van der Waals surface area contributed by atoms with E-state index >= 15 is 0 Å². The van der Waals surface area contributed by atoms with Crippen LogP contribution in [0.3, 0.4) is 0 Å². The van der Waals surface area contributed by atoms with E-state index < -0.39 is 0 Å². The van der Waals surface area contributed by atoms with E-state index in [4.69, 9.17) is 11.5 Å². The van der Waals surface area contributed by atoms with Gasteiger partial charge in [0.1, 0.15) is 0 Å². The molecule has 6 nitrogen and oxygen atoms in total. The summed E-state index contributed by atoms with van der Waals surface area (Å²) in [5.74, 6) is 0. The molecule has 3 rings (SSSR count). The predicted molar refractivity (Wildman–Crippen MR) is 141 cm³/mol. The zero-order valence-electron chi connectivity index (χ0n) is 20.6. The smallest absolute Gasteiger partial charge is 0.0914 e. The number of aryl methyl sites for hydroxylation is 2. The number of likely N-dealkylation sites (N-methyl/N-ethyl adjacent to an activating group) is 1. The largest absolute Gasteiger partial charge is 0.399 e. The fourth-order valence-electron chi connectivity index (χ4n) is 4.24. The molecular weight excluding hydrogens is 396 g/mol. The molecule has 1 aliphatic rings. The quantitative estimate of drug-likeness (QED) is 0.194. The number of hydrogen-bond acceptors (Lipinski definition) is 5. The first-order chi connectivity index (χ1) is 14.8. The SMILES string of the molecule is Cc1cc(NCCCN2CC[N+](C)(CCCNc3ccc(N)c(C)c3)CC2)ccc1N.[CH3-]. The number of nitrogens with two attached hydrogens (primary N) is 2.